The smallest absolute Gasteiger partial charge is 0.0728 e. The SMILES string of the molecule is C[Si](C)(C)C1=CC(CP(C23CC4CC(CC(C4)C2)C3)C23CC4CC(CC(C4)C2)C3)=C(C(P)(C2CCCCN2)C2CCCCN2)C1. The lowest BCUT2D eigenvalue weighted by atomic mass is 9.55. The van der Waals surface area contributed by atoms with E-state index < -0.39 is 8.07 Å². The monoisotopic (exact) mass is 664 g/mol. The zero-order chi connectivity index (χ0) is 30.6. The van der Waals surface area contributed by atoms with Gasteiger partial charge in [-0.1, -0.05) is 51.7 Å². The van der Waals surface area contributed by atoms with E-state index in [2.05, 4.69) is 45.6 Å². The van der Waals surface area contributed by atoms with E-state index in [-0.39, 0.29) is 13.1 Å². The van der Waals surface area contributed by atoms with Crippen LogP contribution in [0.4, 0.5) is 0 Å². The van der Waals surface area contributed by atoms with Crippen molar-refractivity contribution in [3.05, 3.63) is 22.4 Å². The Morgan fingerprint density at radius 2 is 1.13 bits per heavy atom. The van der Waals surface area contributed by atoms with Gasteiger partial charge < -0.3 is 10.6 Å². The number of rotatable bonds is 8. The molecule has 0 aromatic heterocycles. The number of allylic oxidation sites excluding steroid dienone is 3. The maximum Gasteiger partial charge on any atom is 0.0728 e. The van der Waals surface area contributed by atoms with E-state index in [1.165, 1.54) is 64.2 Å². The van der Waals surface area contributed by atoms with Crippen LogP contribution in [0.25, 0.3) is 0 Å². The molecule has 3 unspecified atom stereocenters. The van der Waals surface area contributed by atoms with E-state index >= 15 is 0 Å². The second kappa shape index (κ2) is 11.5. The number of hydrogen-bond donors (Lipinski definition) is 2. The van der Waals surface area contributed by atoms with Gasteiger partial charge in [-0.25, -0.2) is 0 Å². The average Bonchev–Trinajstić information content (AvgIpc) is 3.44. The van der Waals surface area contributed by atoms with Crippen molar-refractivity contribution < 1.29 is 0 Å². The molecule has 2 N–H and O–H groups in total. The maximum absolute atomic E-state index is 4.18. The van der Waals surface area contributed by atoms with Gasteiger partial charge in [0.2, 0.25) is 0 Å². The van der Waals surface area contributed by atoms with Gasteiger partial charge in [0, 0.05) is 17.2 Å². The van der Waals surface area contributed by atoms with Gasteiger partial charge in [0.15, 0.2) is 0 Å². The standard InChI is InChI=1S/C40H66N2P2Si/c1-45(2,3)34-18-33(35(19-34)40(43,36-8-4-6-10-41-36)37-9-5-7-11-42-37)26-44(38-20-27-12-28(21-38)14-29(13-27)22-38)39-23-30-15-31(24-39)17-32(16-30)25-39/h18,27-32,36-37,41-42H,4-17,19-26,43H2,1-3H3. The molecule has 3 atom stereocenters. The fraction of sp³-hybridized carbons (Fsp3) is 0.900. The summed E-state index contributed by atoms with van der Waals surface area (Å²) in [5.74, 6) is 6.49. The molecule has 11 rings (SSSR count). The molecule has 250 valence electrons. The summed E-state index contributed by atoms with van der Waals surface area (Å²) < 4.78 is 0. The Morgan fingerprint density at radius 3 is 1.49 bits per heavy atom. The average molecular weight is 665 g/mol. The molecule has 8 bridgehead atoms. The molecule has 11 aliphatic rings. The number of piperidine rings is 2. The molecule has 9 aliphatic carbocycles. The molecule has 0 radical (unpaired) electrons. The van der Waals surface area contributed by atoms with E-state index in [4.69, 9.17) is 0 Å². The van der Waals surface area contributed by atoms with E-state index in [9.17, 15) is 0 Å². The van der Waals surface area contributed by atoms with Gasteiger partial charge in [0.25, 0.3) is 0 Å². The summed E-state index contributed by atoms with van der Waals surface area (Å²) in [5.41, 5.74) is 3.84. The first-order chi connectivity index (χ1) is 21.6. The highest BCUT2D eigenvalue weighted by atomic mass is 31.1. The molecule has 2 heterocycles. The Kier molecular flexibility index (Phi) is 8.04. The quantitative estimate of drug-likeness (QED) is 0.199. The van der Waals surface area contributed by atoms with Crippen LogP contribution in [-0.4, -0.2) is 54.9 Å². The summed E-state index contributed by atoms with van der Waals surface area (Å²) in [5, 5.41) is 11.8. The first kappa shape index (κ1) is 31.5. The van der Waals surface area contributed by atoms with Gasteiger partial charge in [-0.05, 0) is 185 Å². The summed E-state index contributed by atoms with van der Waals surface area (Å²) in [4.78, 5) is 0. The normalized spacial score (nSPS) is 47.7. The van der Waals surface area contributed by atoms with Crippen molar-refractivity contribution in [3.63, 3.8) is 0 Å². The highest BCUT2D eigenvalue weighted by molar-refractivity contribution is 7.61. The first-order valence-corrected chi connectivity index (χ1v) is 25.7. The van der Waals surface area contributed by atoms with Crippen molar-refractivity contribution in [3.8, 4) is 0 Å². The molecule has 8 saturated carbocycles. The summed E-state index contributed by atoms with van der Waals surface area (Å²) in [6, 6.07) is 1.22. The lowest BCUT2D eigenvalue weighted by Crippen LogP contribution is -2.61. The van der Waals surface area contributed by atoms with Crippen molar-refractivity contribution in [1.29, 1.82) is 0 Å². The van der Waals surface area contributed by atoms with Crippen LogP contribution in [0.5, 0.6) is 0 Å². The van der Waals surface area contributed by atoms with E-state index in [1.807, 2.05) is 16.3 Å². The van der Waals surface area contributed by atoms with Gasteiger partial charge >= 0.3 is 0 Å². The fourth-order valence-electron chi connectivity index (χ4n) is 14.7. The number of nitrogens with one attached hydrogen (secondary N) is 2. The molecular weight excluding hydrogens is 598 g/mol. The van der Waals surface area contributed by atoms with E-state index in [1.54, 1.807) is 77.0 Å². The molecule has 0 amide bonds. The van der Waals surface area contributed by atoms with Crippen LogP contribution in [0.15, 0.2) is 22.4 Å². The third-order valence-corrected chi connectivity index (χ3v) is 23.3. The Hall–Kier alpha value is 0.477. The molecule has 2 aliphatic heterocycles. The van der Waals surface area contributed by atoms with Gasteiger partial charge in [-0.15, -0.1) is 9.24 Å². The molecule has 2 saturated heterocycles. The first-order valence-electron chi connectivity index (χ1n) is 20.1. The zero-order valence-electron chi connectivity index (χ0n) is 29.3. The van der Waals surface area contributed by atoms with Crippen molar-refractivity contribution in [1.82, 2.24) is 10.6 Å². The summed E-state index contributed by atoms with van der Waals surface area (Å²) >= 11 is 0. The molecule has 0 aromatic rings. The van der Waals surface area contributed by atoms with Gasteiger partial charge in [-0.3, -0.25) is 0 Å². The van der Waals surface area contributed by atoms with Gasteiger partial charge in [-0.2, -0.15) is 0 Å². The molecule has 0 aromatic carbocycles. The fourth-order valence-corrected chi connectivity index (χ4v) is 22.0. The van der Waals surface area contributed by atoms with Crippen molar-refractivity contribution in [2.45, 2.75) is 169 Å². The predicted octanol–water partition coefficient (Wildman–Crippen LogP) is 9.81. The Bertz CT molecular complexity index is 1080. The molecule has 10 fully saturated rings. The Labute approximate surface area is 281 Å². The molecular formula is C40H66N2P2Si. The third-order valence-electron chi connectivity index (χ3n) is 15.8. The minimum absolute atomic E-state index is 0.0205. The second-order valence-corrected chi connectivity index (χ2v) is 29.1. The van der Waals surface area contributed by atoms with E-state index in [0.29, 0.717) is 12.1 Å². The summed E-state index contributed by atoms with van der Waals surface area (Å²) in [7, 11) is 2.26. The number of hydrogen-bond acceptors (Lipinski definition) is 2. The zero-order valence-corrected chi connectivity index (χ0v) is 32.3. The lowest BCUT2D eigenvalue weighted by Gasteiger charge is -2.67. The van der Waals surface area contributed by atoms with Gasteiger partial charge in [0.05, 0.1) is 8.07 Å². The van der Waals surface area contributed by atoms with Crippen LogP contribution in [-0.2, 0) is 0 Å². The molecule has 0 spiro atoms. The highest BCUT2D eigenvalue weighted by Gasteiger charge is 2.63. The molecule has 45 heavy (non-hydrogen) atoms. The summed E-state index contributed by atoms with van der Waals surface area (Å²) in [6.45, 7) is 10.4. The van der Waals surface area contributed by atoms with Crippen LogP contribution in [0.1, 0.15) is 122 Å². The Balaban J connectivity index is 1.17. The van der Waals surface area contributed by atoms with E-state index in [0.717, 1.165) is 45.8 Å². The highest BCUT2D eigenvalue weighted by Crippen LogP contribution is 2.79. The van der Waals surface area contributed by atoms with Gasteiger partial charge in [0.1, 0.15) is 0 Å². The largest absolute Gasteiger partial charge is 0.313 e. The minimum atomic E-state index is -1.40. The second-order valence-electron chi connectivity index (χ2n) is 19.9. The molecule has 2 nitrogen and oxygen atoms in total. The van der Waals surface area contributed by atoms with Crippen LogP contribution in [0, 0.1) is 35.5 Å². The van der Waals surface area contributed by atoms with Crippen LogP contribution < -0.4 is 10.6 Å². The topological polar surface area (TPSA) is 24.1 Å². The van der Waals surface area contributed by atoms with Crippen molar-refractivity contribution in [2.75, 3.05) is 19.3 Å². The summed E-state index contributed by atoms with van der Waals surface area (Å²) in [6.07, 6.45) is 33.5. The van der Waals surface area contributed by atoms with Crippen LogP contribution >= 0.6 is 17.2 Å². The Morgan fingerprint density at radius 1 is 0.711 bits per heavy atom. The predicted molar refractivity (Wildman–Crippen MR) is 200 cm³/mol. The minimum Gasteiger partial charge on any atom is -0.313 e. The van der Waals surface area contributed by atoms with Crippen molar-refractivity contribution in [2.24, 2.45) is 35.5 Å². The maximum atomic E-state index is 4.18. The van der Waals surface area contributed by atoms with Crippen LogP contribution in [0.3, 0.4) is 0 Å². The third kappa shape index (κ3) is 5.35. The van der Waals surface area contributed by atoms with Crippen molar-refractivity contribution >= 4 is 25.2 Å². The molecule has 5 heteroatoms. The van der Waals surface area contributed by atoms with Crippen LogP contribution in [0.2, 0.25) is 19.6 Å². The lowest BCUT2D eigenvalue weighted by molar-refractivity contribution is 0.0187.